The molecule has 5 nitrogen and oxygen atoms in total. The van der Waals surface area contributed by atoms with Gasteiger partial charge in [0.2, 0.25) is 5.91 Å². The third kappa shape index (κ3) is 6.07. The van der Waals surface area contributed by atoms with E-state index in [9.17, 15) is 9.59 Å². The van der Waals surface area contributed by atoms with Crippen LogP contribution in [0.1, 0.15) is 62.3 Å². The van der Waals surface area contributed by atoms with Crippen molar-refractivity contribution in [2.45, 2.75) is 111 Å². The van der Waals surface area contributed by atoms with Crippen LogP contribution in [0.5, 0.6) is 0 Å². The van der Waals surface area contributed by atoms with Crippen LogP contribution in [0.2, 0.25) is 36.3 Å². The number of rotatable bonds is 8. The summed E-state index contributed by atoms with van der Waals surface area (Å²) in [6.07, 6.45) is 1.81. The molecule has 0 aromatic carbocycles. The van der Waals surface area contributed by atoms with Crippen LogP contribution in [0.25, 0.3) is 0 Å². The number of hydrogen-bond donors (Lipinski definition) is 0. The molecule has 0 aromatic rings. The molecule has 0 saturated carbocycles. The normalized spacial score (nSPS) is 23.0. The molecule has 1 aliphatic heterocycles. The summed E-state index contributed by atoms with van der Waals surface area (Å²) in [6, 6.07) is 0.0161. The Kier molecular flexibility index (Phi) is 9.51. The molecule has 1 aliphatic rings. The van der Waals surface area contributed by atoms with Crippen molar-refractivity contribution in [2.75, 3.05) is 6.61 Å². The monoisotopic (exact) mass is 595 g/mol. The summed E-state index contributed by atoms with van der Waals surface area (Å²) in [5, 5.41) is 0.112. The summed E-state index contributed by atoms with van der Waals surface area (Å²) < 4.78 is 14.6. The van der Waals surface area contributed by atoms with E-state index in [1.807, 2.05) is 13.0 Å². The summed E-state index contributed by atoms with van der Waals surface area (Å²) >= 11 is 2.06. The second kappa shape index (κ2) is 10.2. The topological polar surface area (TPSA) is 55.8 Å². The van der Waals surface area contributed by atoms with E-state index in [1.54, 1.807) is 0 Å². The van der Waals surface area contributed by atoms with E-state index >= 15 is 0 Å². The van der Waals surface area contributed by atoms with Gasteiger partial charge in [-0.3, -0.25) is 4.79 Å². The highest BCUT2D eigenvalue weighted by atomic mass is 127. The molecule has 1 amide bonds. The van der Waals surface area contributed by atoms with Crippen LogP contribution >= 0.6 is 22.6 Å². The number of carbonyl (C=O) groups is 2. The smallest absolute Gasteiger partial charge is 0.344 e. The van der Waals surface area contributed by atoms with E-state index in [4.69, 9.17) is 9.16 Å². The number of halogens is 1. The highest BCUT2D eigenvalue weighted by Gasteiger charge is 2.60. The first-order valence-corrected chi connectivity index (χ1v) is 18.7. The van der Waals surface area contributed by atoms with Gasteiger partial charge in [-0.1, -0.05) is 67.6 Å². The van der Waals surface area contributed by atoms with Crippen molar-refractivity contribution in [2.24, 2.45) is 11.8 Å². The van der Waals surface area contributed by atoms with Crippen LogP contribution in [0.4, 0.5) is 0 Å². The molecule has 1 fully saturated rings. The van der Waals surface area contributed by atoms with E-state index in [0.29, 0.717) is 10.2 Å². The Morgan fingerprint density at radius 3 is 2.00 bits per heavy atom. The second-order valence-electron chi connectivity index (χ2n) is 12.2. The fourth-order valence-electron chi connectivity index (χ4n) is 3.89. The van der Waals surface area contributed by atoms with E-state index in [2.05, 4.69) is 109 Å². The van der Waals surface area contributed by atoms with Crippen molar-refractivity contribution in [3.8, 4) is 0 Å². The summed E-state index contributed by atoms with van der Waals surface area (Å²) in [5.74, 6) is -0.268. The van der Waals surface area contributed by atoms with Gasteiger partial charge in [-0.05, 0) is 65.5 Å². The molecule has 0 bridgehead atoms. The highest BCUT2D eigenvalue weighted by molar-refractivity contribution is 14.1. The number of carbonyl (C=O) groups excluding carboxylic acids is 2. The van der Waals surface area contributed by atoms with Gasteiger partial charge >= 0.3 is 5.97 Å². The maximum absolute atomic E-state index is 13.7. The predicted octanol–water partition coefficient (Wildman–Crippen LogP) is 6.75. The molecule has 0 aromatic heterocycles. The average molecular weight is 596 g/mol. The Bertz CT molecular complexity index is 737. The minimum atomic E-state index is -2.10. The fraction of sp³-hybridized carbons (Fsp3) is 0.833. The van der Waals surface area contributed by atoms with Crippen molar-refractivity contribution in [1.29, 1.82) is 0 Å². The lowest BCUT2D eigenvalue weighted by atomic mass is 9.78. The largest absolute Gasteiger partial charge is 0.462 e. The minimum Gasteiger partial charge on any atom is -0.462 e. The quantitative estimate of drug-likeness (QED) is 0.102. The van der Waals surface area contributed by atoms with Crippen LogP contribution in [0.15, 0.2) is 9.66 Å². The van der Waals surface area contributed by atoms with Crippen LogP contribution < -0.4 is 0 Å². The zero-order chi connectivity index (χ0) is 25.4. The SMILES string of the molecule is CCOC(=O)/C(I)=C/[C@H](C)[C@@H]1[C@@H]([C@@H](C)O[Si](C)(C)C(C)(C)C)C(=O)N1[Si](C)(C)C(C)(C)C. The van der Waals surface area contributed by atoms with Crippen molar-refractivity contribution < 1.29 is 18.8 Å². The van der Waals surface area contributed by atoms with Crippen molar-refractivity contribution in [3.63, 3.8) is 0 Å². The Balaban J connectivity index is 3.37. The summed E-state index contributed by atoms with van der Waals surface area (Å²) in [7, 11) is -4.12. The molecule has 8 heteroatoms. The van der Waals surface area contributed by atoms with Crippen molar-refractivity contribution in [1.82, 2.24) is 4.57 Å². The predicted molar refractivity (Wildman–Crippen MR) is 147 cm³/mol. The molecular formula is C24H46INO4Si2. The maximum Gasteiger partial charge on any atom is 0.344 e. The van der Waals surface area contributed by atoms with Gasteiger partial charge in [0.05, 0.1) is 22.2 Å². The van der Waals surface area contributed by atoms with Gasteiger partial charge in [-0.25, -0.2) is 4.79 Å². The molecule has 4 atom stereocenters. The van der Waals surface area contributed by atoms with Gasteiger partial charge in [0.15, 0.2) is 16.6 Å². The van der Waals surface area contributed by atoms with Gasteiger partial charge in [-0.15, -0.1) is 0 Å². The molecule has 0 radical (unpaired) electrons. The Morgan fingerprint density at radius 2 is 1.59 bits per heavy atom. The second-order valence-corrected chi connectivity index (χ2v) is 23.2. The fourth-order valence-corrected chi connectivity index (χ4v) is 8.61. The molecule has 0 unspecified atom stereocenters. The lowest BCUT2D eigenvalue weighted by molar-refractivity contribution is -0.156. The maximum atomic E-state index is 13.7. The summed E-state index contributed by atoms with van der Waals surface area (Å²) in [4.78, 5) is 25.9. The third-order valence-electron chi connectivity index (χ3n) is 7.84. The van der Waals surface area contributed by atoms with Crippen LogP contribution in [0.3, 0.4) is 0 Å². The first kappa shape index (κ1) is 29.8. The average Bonchev–Trinajstić information content (AvgIpc) is 2.56. The number of nitrogens with zero attached hydrogens (tertiary/aromatic N) is 1. The lowest BCUT2D eigenvalue weighted by Crippen LogP contribution is -2.76. The van der Waals surface area contributed by atoms with Gasteiger partial charge in [0.1, 0.15) is 0 Å². The first-order chi connectivity index (χ1) is 14.2. The molecular weight excluding hydrogens is 549 g/mol. The number of ether oxygens (including phenoxy) is 1. The van der Waals surface area contributed by atoms with Crippen molar-refractivity contribution >= 4 is 51.0 Å². The van der Waals surface area contributed by atoms with Crippen LogP contribution in [0, 0.1) is 11.8 Å². The number of esters is 1. The molecule has 186 valence electrons. The molecule has 0 aliphatic carbocycles. The molecule has 0 spiro atoms. The zero-order valence-electron chi connectivity index (χ0n) is 22.6. The number of amides is 1. The van der Waals surface area contributed by atoms with Crippen LogP contribution in [-0.2, 0) is 18.8 Å². The van der Waals surface area contributed by atoms with E-state index in [-0.39, 0.29) is 45.9 Å². The highest BCUT2D eigenvalue weighted by Crippen LogP contribution is 2.49. The molecule has 1 rings (SSSR count). The summed E-state index contributed by atoms with van der Waals surface area (Å²) in [5.41, 5.74) is 0. The first-order valence-electron chi connectivity index (χ1n) is 11.8. The van der Waals surface area contributed by atoms with Gasteiger partial charge in [0, 0.05) is 6.04 Å². The van der Waals surface area contributed by atoms with Crippen LogP contribution in [-0.4, -0.2) is 51.7 Å². The van der Waals surface area contributed by atoms with Gasteiger partial charge in [0.25, 0.3) is 0 Å². The molecule has 32 heavy (non-hydrogen) atoms. The van der Waals surface area contributed by atoms with Gasteiger partial charge < -0.3 is 13.7 Å². The Hall–Kier alpha value is -0.196. The third-order valence-corrected chi connectivity index (χ3v) is 18.6. The molecule has 0 N–H and O–H groups in total. The Morgan fingerprint density at radius 1 is 1.09 bits per heavy atom. The Labute approximate surface area is 212 Å². The summed E-state index contributed by atoms with van der Waals surface area (Å²) in [6.45, 7) is 28.7. The zero-order valence-corrected chi connectivity index (χ0v) is 26.7. The van der Waals surface area contributed by atoms with E-state index in [1.165, 1.54) is 0 Å². The van der Waals surface area contributed by atoms with Crippen molar-refractivity contribution in [3.05, 3.63) is 9.66 Å². The molecule has 1 saturated heterocycles. The minimum absolute atomic E-state index is 0.0161. The standard InChI is InChI=1S/C24H46INO4Si2/c1-14-29-22(28)18(25)15-16(2)20-19(17(3)30-32(12,13)24(7,8)9)21(27)26(20)31(10,11)23(4,5)6/h15-17,19-20H,14H2,1-13H3/b18-15-/t16-,17+,19+,20+/m0/s1. The van der Waals surface area contributed by atoms with Gasteiger partial charge in [-0.2, -0.15) is 0 Å². The van der Waals surface area contributed by atoms with E-state index < -0.39 is 16.6 Å². The number of hydrogen-bond acceptors (Lipinski definition) is 4. The number of β-lactam (4-membered cyclic amide) rings is 1. The van der Waals surface area contributed by atoms with E-state index in [0.717, 1.165) is 0 Å². The lowest BCUT2D eigenvalue weighted by Gasteiger charge is -2.61. The molecule has 1 heterocycles.